The Kier molecular flexibility index (Phi) is 3.53. The molecule has 0 saturated carbocycles. The zero-order valence-electron chi connectivity index (χ0n) is 10.7. The molecule has 0 fully saturated rings. The van der Waals surface area contributed by atoms with Crippen LogP contribution in [0.3, 0.4) is 0 Å². The van der Waals surface area contributed by atoms with Crippen LogP contribution in [-0.4, -0.2) is 21.0 Å². The monoisotopic (exact) mass is 344 g/mol. The van der Waals surface area contributed by atoms with E-state index in [0.717, 1.165) is 4.47 Å². The standard InChI is InChI=1S/C15H9BrN2O3/c16-9-5-6-13(18-7-9)21-12-8-17-11-4-2-1-3-10(11)14(12)15(19)20/h1-8H,(H,19,20). The number of carboxylic acids is 1. The lowest BCUT2D eigenvalue weighted by molar-refractivity contribution is 0.0696. The number of carboxylic acid groups (broad SMARTS) is 1. The molecule has 0 saturated heterocycles. The summed E-state index contributed by atoms with van der Waals surface area (Å²) < 4.78 is 6.37. The van der Waals surface area contributed by atoms with Crippen molar-refractivity contribution in [1.29, 1.82) is 0 Å². The maximum Gasteiger partial charge on any atom is 0.340 e. The number of fused-ring (bicyclic) bond motifs is 1. The summed E-state index contributed by atoms with van der Waals surface area (Å²) in [4.78, 5) is 19.8. The van der Waals surface area contributed by atoms with E-state index >= 15 is 0 Å². The van der Waals surface area contributed by atoms with Crippen LogP contribution in [0.1, 0.15) is 10.4 Å². The minimum atomic E-state index is -1.07. The fraction of sp³-hybridized carbons (Fsp3) is 0. The lowest BCUT2D eigenvalue weighted by Crippen LogP contribution is -2.03. The predicted molar refractivity (Wildman–Crippen MR) is 80.7 cm³/mol. The zero-order chi connectivity index (χ0) is 14.8. The molecule has 0 bridgehead atoms. The van der Waals surface area contributed by atoms with E-state index in [1.807, 2.05) is 0 Å². The highest BCUT2D eigenvalue weighted by molar-refractivity contribution is 9.10. The largest absolute Gasteiger partial charge is 0.478 e. The number of ether oxygens (including phenoxy) is 1. The van der Waals surface area contributed by atoms with Gasteiger partial charge in [0.15, 0.2) is 5.75 Å². The molecule has 0 aliphatic carbocycles. The van der Waals surface area contributed by atoms with Crippen LogP contribution in [0.5, 0.6) is 11.6 Å². The van der Waals surface area contributed by atoms with Crippen molar-refractivity contribution < 1.29 is 14.6 Å². The number of pyridine rings is 2. The van der Waals surface area contributed by atoms with Gasteiger partial charge in [0.1, 0.15) is 5.56 Å². The molecule has 5 nitrogen and oxygen atoms in total. The highest BCUT2D eigenvalue weighted by Crippen LogP contribution is 2.29. The van der Waals surface area contributed by atoms with Crippen LogP contribution in [0.4, 0.5) is 0 Å². The van der Waals surface area contributed by atoms with Gasteiger partial charge >= 0.3 is 5.97 Å². The molecule has 3 rings (SSSR count). The molecule has 2 heterocycles. The van der Waals surface area contributed by atoms with E-state index in [-0.39, 0.29) is 11.3 Å². The molecule has 1 aromatic carbocycles. The quantitative estimate of drug-likeness (QED) is 0.780. The Morgan fingerprint density at radius 1 is 1.10 bits per heavy atom. The minimum absolute atomic E-state index is 0.0744. The van der Waals surface area contributed by atoms with E-state index in [0.29, 0.717) is 16.8 Å². The number of aromatic carboxylic acids is 1. The van der Waals surface area contributed by atoms with E-state index in [4.69, 9.17) is 4.74 Å². The third kappa shape index (κ3) is 2.71. The Bertz CT molecular complexity index is 819. The van der Waals surface area contributed by atoms with E-state index < -0.39 is 5.97 Å². The van der Waals surface area contributed by atoms with E-state index in [1.165, 1.54) is 6.20 Å². The second kappa shape index (κ2) is 5.49. The topological polar surface area (TPSA) is 72.3 Å². The maximum absolute atomic E-state index is 11.5. The summed E-state index contributed by atoms with van der Waals surface area (Å²) in [5.74, 6) is -0.602. The number of halogens is 1. The number of rotatable bonds is 3. The Hall–Kier alpha value is -2.47. The minimum Gasteiger partial charge on any atom is -0.478 e. The van der Waals surface area contributed by atoms with Crippen molar-refractivity contribution in [1.82, 2.24) is 9.97 Å². The molecular formula is C15H9BrN2O3. The first-order valence-corrected chi connectivity index (χ1v) is 6.85. The Balaban J connectivity index is 2.11. The summed E-state index contributed by atoms with van der Waals surface area (Å²) in [5.41, 5.74) is 0.677. The van der Waals surface area contributed by atoms with E-state index in [2.05, 4.69) is 25.9 Å². The fourth-order valence-electron chi connectivity index (χ4n) is 1.96. The lowest BCUT2D eigenvalue weighted by Gasteiger charge is -2.09. The number of carbonyl (C=O) groups is 1. The molecule has 0 aliphatic heterocycles. The van der Waals surface area contributed by atoms with Gasteiger partial charge in [-0.2, -0.15) is 0 Å². The van der Waals surface area contributed by atoms with Gasteiger partial charge in [0, 0.05) is 22.1 Å². The van der Waals surface area contributed by atoms with Gasteiger partial charge in [-0.05, 0) is 28.1 Å². The first-order chi connectivity index (χ1) is 10.1. The van der Waals surface area contributed by atoms with E-state index in [1.54, 1.807) is 42.6 Å². The average molecular weight is 345 g/mol. The van der Waals surface area contributed by atoms with Crippen molar-refractivity contribution in [3.8, 4) is 11.6 Å². The Labute approximate surface area is 128 Å². The maximum atomic E-state index is 11.5. The van der Waals surface area contributed by atoms with Crippen molar-refractivity contribution in [2.45, 2.75) is 0 Å². The smallest absolute Gasteiger partial charge is 0.340 e. The van der Waals surface area contributed by atoms with Crippen LogP contribution < -0.4 is 4.74 Å². The summed E-state index contributed by atoms with van der Waals surface area (Å²) in [7, 11) is 0. The fourth-order valence-corrected chi connectivity index (χ4v) is 2.19. The molecular weight excluding hydrogens is 336 g/mol. The third-order valence-corrected chi connectivity index (χ3v) is 3.34. The molecule has 0 spiro atoms. The van der Waals surface area contributed by atoms with Crippen LogP contribution >= 0.6 is 15.9 Å². The van der Waals surface area contributed by atoms with Crippen LogP contribution in [0.2, 0.25) is 0 Å². The van der Waals surface area contributed by atoms with Gasteiger partial charge < -0.3 is 9.84 Å². The summed E-state index contributed by atoms with van der Waals surface area (Å²) in [6.07, 6.45) is 2.97. The normalized spacial score (nSPS) is 10.5. The molecule has 6 heteroatoms. The zero-order valence-corrected chi connectivity index (χ0v) is 12.2. The second-order valence-electron chi connectivity index (χ2n) is 4.24. The molecule has 0 unspecified atom stereocenters. The summed E-state index contributed by atoms with van der Waals surface area (Å²) in [5, 5.41) is 9.98. The first-order valence-electron chi connectivity index (χ1n) is 6.05. The predicted octanol–water partition coefficient (Wildman–Crippen LogP) is 3.88. The first kappa shape index (κ1) is 13.5. The number of benzene rings is 1. The molecule has 0 radical (unpaired) electrons. The Morgan fingerprint density at radius 3 is 2.62 bits per heavy atom. The van der Waals surface area contributed by atoms with E-state index in [9.17, 15) is 9.90 Å². The molecule has 0 amide bonds. The third-order valence-electron chi connectivity index (χ3n) is 2.87. The van der Waals surface area contributed by atoms with Gasteiger partial charge in [-0.1, -0.05) is 18.2 Å². The highest BCUT2D eigenvalue weighted by Gasteiger charge is 2.17. The van der Waals surface area contributed by atoms with Gasteiger partial charge in [0.2, 0.25) is 5.88 Å². The average Bonchev–Trinajstić information content (AvgIpc) is 2.49. The van der Waals surface area contributed by atoms with Crippen molar-refractivity contribution in [2.24, 2.45) is 0 Å². The number of para-hydroxylation sites is 1. The molecule has 0 atom stereocenters. The van der Waals surface area contributed by atoms with Gasteiger partial charge in [0.25, 0.3) is 0 Å². The second-order valence-corrected chi connectivity index (χ2v) is 5.15. The highest BCUT2D eigenvalue weighted by atomic mass is 79.9. The summed E-state index contributed by atoms with van der Waals surface area (Å²) in [6, 6.07) is 10.4. The number of nitrogens with zero attached hydrogens (tertiary/aromatic N) is 2. The van der Waals surface area contributed by atoms with Gasteiger partial charge in [-0.15, -0.1) is 0 Å². The Morgan fingerprint density at radius 2 is 1.90 bits per heavy atom. The lowest BCUT2D eigenvalue weighted by atomic mass is 10.1. The molecule has 3 aromatic rings. The van der Waals surface area contributed by atoms with Crippen LogP contribution in [-0.2, 0) is 0 Å². The van der Waals surface area contributed by atoms with Crippen molar-refractivity contribution in [3.05, 3.63) is 58.8 Å². The molecule has 2 aromatic heterocycles. The van der Waals surface area contributed by atoms with Crippen molar-refractivity contribution in [2.75, 3.05) is 0 Å². The number of hydrogen-bond donors (Lipinski definition) is 1. The van der Waals surface area contributed by atoms with Crippen LogP contribution in [0.15, 0.2) is 53.3 Å². The molecule has 0 aliphatic rings. The number of aromatic nitrogens is 2. The summed E-state index contributed by atoms with van der Waals surface area (Å²) >= 11 is 3.28. The molecule has 1 N–H and O–H groups in total. The molecule has 104 valence electrons. The molecule has 21 heavy (non-hydrogen) atoms. The SMILES string of the molecule is O=C(O)c1c(Oc2ccc(Br)cn2)cnc2ccccc12. The van der Waals surface area contributed by atoms with Crippen LogP contribution in [0, 0.1) is 0 Å². The summed E-state index contributed by atoms with van der Waals surface area (Å²) in [6.45, 7) is 0. The number of hydrogen-bond acceptors (Lipinski definition) is 4. The van der Waals surface area contributed by atoms with Gasteiger partial charge in [-0.25, -0.2) is 9.78 Å². The van der Waals surface area contributed by atoms with Crippen LogP contribution in [0.25, 0.3) is 10.9 Å². The van der Waals surface area contributed by atoms with Crippen molar-refractivity contribution in [3.63, 3.8) is 0 Å². The van der Waals surface area contributed by atoms with Crippen molar-refractivity contribution >= 4 is 32.8 Å². The van der Waals surface area contributed by atoms with Gasteiger partial charge in [-0.3, -0.25) is 4.98 Å². The van der Waals surface area contributed by atoms with Gasteiger partial charge in [0.05, 0.1) is 11.7 Å².